The third-order valence-corrected chi connectivity index (χ3v) is 4.21. The molecule has 0 aliphatic heterocycles. The number of benzene rings is 3. The van der Waals surface area contributed by atoms with Crippen LogP contribution < -0.4 is 0 Å². The first-order valence-corrected chi connectivity index (χ1v) is 7.55. The van der Waals surface area contributed by atoms with E-state index in [0.717, 1.165) is 27.1 Å². The van der Waals surface area contributed by atoms with Crippen molar-refractivity contribution in [2.45, 2.75) is 6.10 Å². The van der Waals surface area contributed by atoms with Gasteiger partial charge >= 0.3 is 0 Å². The number of fused-ring (bicyclic) bond motifs is 3. The van der Waals surface area contributed by atoms with Crippen LogP contribution in [0, 0.1) is 0 Å². The van der Waals surface area contributed by atoms with E-state index in [0.29, 0.717) is 10.4 Å². The monoisotopic (exact) mass is 334 g/mol. The third kappa shape index (κ3) is 2.25. The molecule has 96 valence electrons. The molecule has 0 radical (unpaired) electrons. The Balaban J connectivity index is 2.46. The zero-order valence-electron chi connectivity index (χ0n) is 10.1. The third-order valence-electron chi connectivity index (χ3n) is 3.36. The van der Waals surface area contributed by atoms with E-state index in [2.05, 4.69) is 22.0 Å². The summed E-state index contributed by atoms with van der Waals surface area (Å²) < 4.78 is 0. The Labute approximate surface area is 124 Å². The predicted octanol–water partition coefficient (Wildman–Crippen LogP) is 5.07. The van der Waals surface area contributed by atoms with Crippen LogP contribution >= 0.6 is 27.5 Å². The predicted molar refractivity (Wildman–Crippen MR) is 85.2 cm³/mol. The maximum absolute atomic E-state index is 10.2. The molecule has 3 aromatic carbocycles. The van der Waals surface area contributed by atoms with Gasteiger partial charge in [0.05, 0.1) is 6.10 Å². The van der Waals surface area contributed by atoms with Gasteiger partial charge in [0, 0.05) is 10.4 Å². The topological polar surface area (TPSA) is 20.2 Å². The largest absolute Gasteiger partial charge is 0.388 e. The first-order valence-electron chi connectivity index (χ1n) is 6.05. The van der Waals surface area contributed by atoms with Crippen LogP contribution in [0.4, 0.5) is 0 Å². The van der Waals surface area contributed by atoms with Gasteiger partial charge in [0.1, 0.15) is 0 Å². The zero-order valence-corrected chi connectivity index (χ0v) is 12.4. The van der Waals surface area contributed by atoms with Crippen LogP contribution in [0.3, 0.4) is 0 Å². The maximum atomic E-state index is 10.2. The number of aliphatic hydroxyl groups excluding tert-OH is 1. The lowest BCUT2D eigenvalue weighted by molar-refractivity contribution is 0.207. The number of hydrogen-bond donors (Lipinski definition) is 1. The lowest BCUT2D eigenvalue weighted by Gasteiger charge is -2.14. The van der Waals surface area contributed by atoms with E-state index in [1.54, 1.807) is 0 Å². The van der Waals surface area contributed by atoms with Gasteiger partial charge in [0.25, 0.3) is 0 Å². The summed E-state index contributed by atoms with van der Waals surface area (Å²) in [6.45, 7) is 0. The molecule has 3 rings (SSSR count). The number of halogens is 2. The molecule has 1 nitrogen and oxygen atoms in total. The highest BCUT2D eigenvalue weighted by molar-refractivity contribution is 9.09. The molecule has 0 spiro atoms. The summed E-state index contributed by atoms with van der Waals surface area (Å²) in [5.41, 5.74) is 0.933. The van der Waals surface area contributed by atoms with E-state index >= 15 is 0 Å². The molecule has 3 aromatic rings. The van der Waals surface area contributed by atoms with E-state index < -0.39 is 6.10 Å². The summed E-state index contributed by atoms with van der Waals surface area (Å²) in [5.74, 6) is 0. The minimum Gasteiger partial charge on any atom is -0.388 e. The van der Waals surface area contributed by atoms with Crippen molar-refractivity contribution in [3.8, 4) is 0 Å². The molecule has 0 aromatic heterocycles. The summed E-state index contributed by atoms with van der Waals surface area (Å²) >= 11 is 9.40. The van der Waals surface area contributed by atoms with Crippen LogP contribution in [0.2, 0.25) is 5.02 Å². The molecule has 0 fully saturated rings. The molecule has 0 amide bonds. The molecular formula is C16H12BrClO. The fourth-order valence-electron chi connectivity index (χ4n) is 2.47. The summed E-state index contributed by atoms with van der Waals surface area (Å²) in [7, 11) is 0. The molecule has 0 aliphatic carbocycles. The van der Waals surface area contributed by atoms with Gasteiger partial charge in [-0.25, -0.2) is 0 Å². The van der Waals surface area contributed by atoms with Crippen molar-refractivity contribution in [1.82, 2.24) is 0 Å². The minimum atomic E-state index is -0.520. The van der Waals surface area contributed by atoms with Crippen LogP contribution in [-0.4, -0.2) is 10.4 Å². The van der Waals surface area contributed by atoms with Gasteiger partial charge in [-0.05, 0) is 45.3 Å². The summed E-state index contributed by atoms with van der Waals surface area (Å²) in [6, 6.07) is 16.0. The SMILES string of the molecule is O[C@H](CBr)c1cc2cc(Cl)ccc2c2ccccc12. The van der Waals surface area contributed by atoms with Gasteiger partial charge in [-0.2, -0.15) is 0 Å². The lowest BCUT2D eigenvalue weighted by Crippen LogP contribution is -1.99. The highest BCUT2D eigenvalue weighted by Gasteiger charge is 2.12. The number of alkyl halides is 1. The quantitative estimate of drug-likeness (QED) is 0.512. The summed E-state index contributed by atoms with van der Waals surface area (Å²) in [5, 5.41) is 15.9. The van der Waals surface area contributed by atoms with Crippen molar-refractivity contribution in [3.63, 3.8) is 0 Å². The highest BCUT2D eigenvalue weighted by Crippen LogP contribution is 2.33. The van der Waals surface area contributed by atoms with E-state index in [-0.39, 0.29) is 0 Å². The standard InChI is InChI=1S/C16H12BrClO/c17-9-16(19)15-8-10-7-11(18)5-6-12(10)13-3-1-2-4-14(13)15/h1-8,16,19H,9H2/t16-/m1/s1. The number of rotatable bonds is 2. The molecule has 0 aliphatic rings. The van der Waals surface area contributed by atoms with Gasteiger partial charge in [0.2, 0.25) is 0 Å². The molecule has 1 N–H and O–H groups in total. The normalized spacial score (nSPS) is 13.0. The summed E-state index contributed by atoms with van der Waals surface area (Å²) in [4.78, 5) is 0. The van der Waals surface area contributed by atoms with Crippen LogP contribution in [0.25, 0.3) is 21.5 Å². The number of aliphatic hydroxyl groups is 1. The Bertz CT molecular complexity index is 754. The van der Waals surface area contributed by atoms with Crippen molar-refractivity contribution in [2.75, 3.05) is 5.33 Å². The van der Waals surface area contributed by atoms with Gasteiger partial charge < -0.3 is 5.11 Å². The zero-order chi connectivity index (χ0) is 13.4. The van der Waals surface area contributed by atoms with Crippen molar-refractivity contribution in [1.29, 1.82) is 0 Å². The Morgan fingerprint density at radius 2 is 1.74 bits per heavy atom. The van der Waals surface area contributed by atoms with E-state index in [1.807, 2.05) is 42.5 Å². The Kier molecular flexibility index (Phi) is 3.48. The van der Waals surface area contributed by atoms with Gasteiger partial charge in [-0.15, -0.1) is 0 Å². The molecule has 3 heteroatoms. The van der Waals surface area contributed by atoms with Crippen LogP contribution in [0.1, 0.15) is 11.7 Å². The fraction of sp³-hybridized carbons (Fsp3) is 0.125. The van der Waals surface area contributed by atoms with Gasteiger partial charge in [-0.1, -0.05) is 57.9 Å². The first-order chi connectivity index (χ1) is 9.20. The first kappa shape index (κ1) is 12.9. The van der Waals surface area contributed by atoms with Crippen molar-refractivity contribution < 1.29 is 5.11 Å². The second kappa shape index (κ2) is 5.12. The lowest BCUT2D eigenvalue weighted by atomic mass is 9.95. The Morgan fingerprint density at radius 1 is 1.00 bits per heavy atom. The maximum Gasteiger partial charge on any atom is 0.0893 e. The molecule has 0 heterocycles. The van der Waals surface area contributed by atoms with Crippen molar-refractivity contribution in [2.24, 2.45) is 0 Å². The van der Waals surface area contributed by atoms with Crippen molar-refractivity contribution in [3.05, 3.63) is 59.1 Å². The molecule has 0 saturated carbocycles. The molecule has 0 bridgehead atoms. The van der Waals surface area contributed by atoms with E-state index in [1.165, 1.54) is 0 Å². The number of hydrogen-bond acceptors (Lipinski definition) is 1. The molecule has 1 atom stereocenters. The average molecular weight is 336 g/mol. The summed E-state index contributed by atoms with van der Waals surface area (Å²) in [6.07, 6.45) is -0.520. The fourth-order valence-corrected chi connectivity index (χ4v) is 3.00. The average Bonchev–Trinajstić information content (AvgIpc) is 2.45. The Hall–Kier alpha value is -1.09. The van der Waals surface area contributed by atoms with Crippen LogP contribution in [0.5, 0.6) is 0 Å². The molecule has 19 heavy (non-hydrogen) atoms. The van der Waals surface area contributed by atoms with Gasteiger partial charge in [0.15, 0.2) is 0 Å². The smallest absolute Gasteiger partial charge is 0.0893 e. The van der Waals surface area contributed by atoms with Crippen LogP contribution in [-0.2, 0) is 0 Å². The molecule has 0 saturated heterocycles. The van der Waals surface area contributed by atoms with Crippen molar-refractivity contribution >= 4 is 49.1 Å². The van der Waals surface area contributed by atoms with Crippen LogP contribution in [0.15, 0.2) is 48.5 Å². The minimum absolute atomic E-state index is 0.517. The molecular weight excluding hydrogens is 324 g/mol. The molecule has 0 unspecified atom stereocenters. The van der Waals surface area contributed by atoms with E-state index in [4.69, 9.17) is 11.6 Å². The van der Waals surface area contributed by atoms with E-state index in [9.17, 15) is 5.11 Å². The second-order valence-electron chi connectivity index (χ2n) is 4.55. The Morgan fingerprint density at radius 3 is 2.47 bits per heavy atom. The highest BCUT2D eigenvalue weighted by atomic mass is 79.9. The van der Waals surface area contributed by atoms with Gasteiger partial charge in [-0.3, -0.25) is 0 Å². The second-order valence-corrected chi connectivity index (χ2v) is 5.63.